The van der Waals surface area contributed by atoms with Gasteiger partial charge in [0.25, 0.3) is 5.91 Å². The highest BCUT2D eigenvalue weighted by Gasteiger charge is 2.18. The van der Waals surface area contributed by atoms with Crippen LogP contribution in [0.15, 0.2) is 10.7 Å². The molecule has 1 atom stereocenters. The topological polar surface area (TPSA) is 55.1 Å². The zero-order chi connectivity index (χ0) is 12.8. The van der Waals surface area contributed by atoms with Crippen molar-refractivity contribution in [1.82, 2.24) is 10.5 Å². The molecule has 0 fully saturated rings. The highest BCUT2D eigenvalue weighted by Crippen LogP contribution is 2.19. The number of aromatic nitrogens is 1. The Bertz CT molecular complexity index is 361. The molecule has 0 radical (unpaired) electrons. The second-order valence-corrected chi connectivity index (χ2v) is 5.27. The maximum absolute atomic E-state index is 11.8. The van der Waals surface area contributed by atoms with E-state index in [2.05, 4.69) is 40.3 Å². The monoisotopic (exact) mass is 302 g/mol. The van der Waals surface area contributed by atoms with E-state index in [1.54, 1.807) is 6.92 Å². The maximum atomic E-state index is 11.8. The first kappa shape index (κ1) is 14.2. The molecule has 0 aliphatic rings. The van der Waals surface area contributed by atoms with Crippen molar-refractivity contribution in [3.8, 4) is 0 Å². The average Bonchev–Trinajstić information content (AvgIpc) is 2.74. The van der Waals surface area contributed by atoms with Gasteiger partial charge in [-0.1, -0.05) is 47.8 Å². The number of nitrogens with zero attached hydrogens (tertiary/aromatic N) is 1. The van der Waals surface area contributed by atoms with Crippen LogP contribution in [0.2, 0.25) is 0 Å². The summed E-state index contributed by atoms with van der Waals surface area (Å²) in [7, 11) is 0. The fraction of sp³-hybridized carbons (Fsp3) is 0.667. The van der Waals surface area contributed by atoms with Crippen molar-refractivity contribution in [2.24, 2.45) is 5.92 Å². The third-order valence-corrected chi connectivity index (χ3v) is 4.08. The predicted molar refractivity (Wildman–Crippen MR) is 70.4 cm³/mol. The molecule has 1 rings (SSSR count). The van der Waals surface area contributed by atoms with Crippen LogP contribution in [0.4, 0.5) is 0 Å². The summed E-state index contributed by atoms with van der Waals surface area (Å²) < 4.78 is 4.86. The number of carbonyl (C=O) groups is 1. The number of halogens is 1. The normalized spacial score (nSPS) is 12.8. The van der Waals surface area contributed by atoms with Crippen LogP contribution in [0.1, 0.15) is 42.8 Å². The average molecular weight is 303 g/mol. The van der Waals surface area contributed by atoms with Crippen molar-refractivity contribution < 1.29 is 9.32 Å². The van der Waals surface area contributed by atoms with Crippen molar-refractivity contribution in [3.05, 3.63) is 17.5 Å². The third-order valence-electron chi connectivity index (χ3n) is 3.01. The summed E-state index contributed by atoms with van der Waals surface area (Å²) in [5.74, 6) is 1.01. The summed E-state index contributed by atoms with van der Waals surface area (Å²) >= 11 is 3.62. The Kier molecular flexibility index (Phi) is 5.68. The van der Waals surface area contributed by atoms with Crippen LogP contribution in [-0.2, 0) is 0 Å². The number of hydrogen-bond acceptors (Lipinski definition) is 3. The molecule has 4 nitrogen and oxygen atoms in total. The molecule has 0 saturated carbocycles. The fourth-order valence-corrected chi connectivity index (χ4v) is 2.68. The van der Waals surface area contributed by atoms with Gasteiger partial charge in [0.15, 0.2) is 0 Å². The maximum Gasteiger partial charge on any atom is 0.256 e. The molecular formula is C12H19BrN2O2. The Balaban J connectivity index is 2.46. The zero-order valence-electron chi connectivity index (χ0n) is 10.5. The largest absolute Gasteiger partial charge is 0.361 e. The lowest BCUT2D eigenvalue weighted by atomic mass is 9.99. The minimum Gasteiger partial charge on any atom is -0.361 e. The van der Waals surface area contributed by atoms with Gasteiger partial charge in [0, 0.05) is 11.4 Å². The van der Waals surface area contributed by atoms with Crippen molar-refractivity contribution in [2.45, 2.75) is 38.4 Å². The van der Waals surface area contributed by atoms with Gasteiger partial charge in [0.2, 0.25) is 0 Å². The van der Waals surface area contributed by atoms with E-state index in [0.717, 1.165) is 12.8 Å². The smallest absolute Gasteiger partial charge is 0.256 e. The second-order valence-electron chi connectivity index (χ2n) is 4.10. The van der Waals surface area contributed by atoms with Crippen LogP contribution in [0.5, 0.6) is 0 Å². The van der Waals surface area contributed by atoms with Gasteiger partial charge in [-0.2, -0.15) is 0 Å². The van der Waals surface area contributed by atoms with Crippen LogP contribution in [0.25, 0.3) is 0 Å². The van der Waals surface area contributed by atoms with Crippen molar-refractivity contribution in [3.63, 3.8) is 0 Å². The minimum atomic E-state index is -0.126. The van der Waals surface area contributed by atoms with E-state index in [-0.39, 0.29) is 5.91 Å². The summed E-state index contributed by atoms with van der Waals surface area (Å²) in [4.78, 5) is 12.1. The molecule has 0 aromatic carbocycles. The number of aryl methyl sites for hydroxylation is 1. The number of rotatable bonds is 6. The van der Waals surface area contributed by atoms with Gasteiger partial charge in [0.1, 0.15) is 11.3 Å². The van der Waals surface area contributed by atoms with Gasteiger partial charge in [-0.15, -0.1) is 0 Å². The lowest BCUT2D eigenvalue weighted by molar-refractivity contribution is 0.0950. The van der Waals surface area contributed by atoms with E-state index >= 15 is 0 Å². The van der Waals surface area contributed by atoms with E-state index in [4.69, 9.17) is 4.52 Å². The van der Waals surface area contributed by atoms with E-state index < -0.39 is 0 Å². The SMILES string of the molecule is CCC(CC)C(Br)CNC(=O)c1cnoc1C. The Hall–Kier alpha value is -0.840. The number of nitrogens with one attached hydrogen (secondary N) is 1. The Morgan fingerprint density at radius 3 is 2.65 bits per heavy atom. The molecule has 1 aromatic rings. The molecule has 1 heterocycles. The van der Waals surface area contributed by atoms with Gasteiger partial charge < -0.3 is 9.84 Å². The van der Waals surface area contributed by atoms with Crippen molar-refractivity contribution in [1.29, 1.82) is 0 Å². The molecule has 1 amide bonds. The Morgan fingerprint density at radius 2 is 2.18 bits per heavy atom. The summed E-state index contributed by atoms with van der Waals surface area (Å²) in [6.07, 6.45) is 3.66. The van der Waals surface area contributed by atoms with Gasteiger partial charge in [0.05, 0.1) is 6.20 Å². The van der Waals surface area contributed by atoms with Gasteiger partial charge in [-0.05, 0) is 12.8 Å². The lowest BCUT2D eigenvalue weighted by Crippen LogP contribution is -2.33. The molecule has 17 heavy (non-hydrogen) atoms. The Labute approximate surface area is 110 Å². The standard InChI is InChI=1S/C12H19BrN2O2/c1-4-9(5-2)11(13)7-14-12(16)10-6-15-17-8(10)3/h6,9,11H,4-5,7H2,1-3H3,(H,14,16). The highest BCUT2D eigenvalue weighted by atomic mass is 79.9. The van der Waals surface area contributed by atoms with Crippen LogP contribution in [0, 0.1) is 12.8 Å². The molecule has 0 saturated heterocycles. The molecule has 0 bridgehead atoms. The van der Waals surface area contributed by atoms with E-state index in [1.807, 2.05) is 0 Å². The molecular weight excluding hydrogens is 284 g/mol. The Morgan fingerprint density at radius 1 is 1.53 bits per heavy atom. The minimum absolute atomic E-state index is 0.126. The number of alkyl halides is 1. The molecule has 1 aromatic heterocycles. The van der Waals surface area contributed by atoms with Gasteiger partial charge in [-0.3, -0.25) is 4.79 Å². The first-order valence-electron chi connectivity index (χ1n) is 5.93. The number of hydrogen-bond donors (Lipinski definition) is 1. The quantitative estimate of drug-likeness (QED) is 0.822. The van der Waals surface area contributed by atoms with Crippen molar-refractivity contribution in [2.75, 3.05) is 6.54 Å². The second kappa shape index (κ2) is 6.79. The first-order chi connectivity index (χ1) is 8.10. The molecule has 5 heteroatoms. The summed E-state index contributed by atoms with van der Waals surface area (Å²) in [6, 6.07) is 0. The molecule has 1 unspecified atom stereocenters. The third kappa shape index (κ3) is 3.84. The van der Waals surface area contributed by atoms with Gasteiger partial charge in [-0.25, -0.2) is 0 Å². The molecule has 1 N–H and O–H groups in total. The number of carbonyl (C=O) groups excluding carboxylic acids is 1. The predicted octanol–water partition coefficient (Wildman–Crippen LogP) is 2.91. The summed E-state index contributed by atoms with van der Waals surface area (Å²) in [6.45, 7) is 6.67. The lowest BCUT2D eigenvalue weighted by Gasteiger charge is -2.19. The van der Waals surface area contributed by atoms with Crippen LogP contribution in [0.3, 0.4) is 0 Å². The molecule has 0 spiro atoms. The molecule has 0 aliphatic carbocycles. The van der Waals surface area contributed by atoms with E-state index in [0.29, 0.717) is 28.6 Å². The van der Waals surface area contributed by atoms with Gasteiger partial charge >= 0.3 is 0 Å². The molecule has 0 aliphatic heterocycles. The number of amides is 1. The van der Waals surface area contributed by atoms with Crippen LogP contribution >= 0.6 is 15.9 Å². The zero-order valence-corrected chi connectivity index (χ0v) is 12.1. The van der Waals surface area contributed by atoms with E-state index in [1.165, 1.54) is 6.20 Å². The molecule has 96 valence electrons. The summed E-state index contributed by atoms with van der Waals surface area (Å²) in [5, 5.41) is 6.48. The summed E-state index contributed by atoms with van der Waals surface area (Å²) in [5.41, 5.74) is 0.509. The van der Waals surface area contributed by atoms with Crippen molar-refractivity contribution >= 4 is 21.8 Å². The van der Waals surface area contributed by atoms with Crippen LogP contribution < -0.4 is 5.32 Å². The van der Waals surface area contributed by atoms with E-state index in [9.17, 15) is 4.79 Å². The highest BCUT2D eigenvalue weighted by molar-refractivity contribution is 9.09. The fourth-order valence-electron chi connectivity index (χ4n) is 1.77. The first-order valence-corrected chi connectivity index (χ1v) is 6.85. The van der Waals surface area contributed by atoms with Crippen LogP contribution in [-0.4, -0.2) is 22.4 Å².